The molecule has 0 aliphatic heterocycles. The Labute approximate surface area is 115 Å². The summed E-state index contributed by atoms with van der Waals surface area (Å²) in [5.74, 6) is -1.34. The van der Waals surface area contributed by atoms with Gasteiger partial charge in [-0.15, -0.1) is 0 Å². The van der Waals surface area contributed by atoms with Gasteiger partial charge < -0.3 is 10.4 Å². The van der Waals surface area contributed by atoms with Gasteiger partial charge >= 0.3 is 5.97 Å². The molecule has 2 N–H and O–H groups in total. The zero-order valence-electron chi connectivity index (χ0n) is 10.6. The Bertz CT molecular complexity index is 614. The number of anilines is 1. The molecule has 0 radical (unpaired) electrons. The predicted octanol–water partition coefficient (Wildman–Crippen LogP) is 1.75. The van der Waals surface area contributed by atoms with Gasteiger partial charge in [0.15, 0.2) is 0 Å². The number of hydrogen-bond donors (Lipinski definition) is 2. The minimum atomic E-state index is -1.12. The third kappa shape index (κ3) is 3.61. The molecule has 2 aromatic rings. The molecule has 0 unspecified atom stereocenters. The van der Waals surface area contributed by atoms with Crippen molar-refractivity contribution in [1.29, 1.82) is 0 Å². The van der Waals surface area contributed by atoms with Crippen LogP contribution in [-0.4, -0.2) is 27.0 Å². The van der Waals surface area contributed by atoms with E-state index in [0.29, 0.717) is 6.42 Å². The molecule has 0 aromatic carbocycles. The van der Waals surface area contributed by atoms with E-state index in [-0.39, 0.29) is 23.7 Å². The Morgan fingerprint density at radius 2 is 2.00 bits per heavy atom. The Kier molecular flexibility index (Phi) is 4.39. The van der Waals surface area contributed by atoms with E-state index in [1.165, 1.54) is 18.3 Å². The van der Waals surface area contributed by atoms with Crippen LogP contribution in [0.1, 0.15) is 22.3 Å². The third-order valence-corrected chi connectivity index (χ3v) is 2.66. The molecule has 0 saturated heterocycles. The number of carboxylic acid groups (broad SMARTS) is 1. The van der Waals surface area contributed by atoms with Crippen molar-refractivity contribution in [3.63, 3.8) is 0 Å². The molecule has 102 valence electrons. The quantitative estimate of drug-likeness (QED) is 0.864. The van der Waals surface area contributed by atoms with E-state index in [0.717, 1.165) is 5.56 Å². The summed E-state index contributed by atoms with van der Waals surface area (Å²) in [6.45, 7) is 0. The van der Waals surface area contributed by atoms with E-state index < -0.39 is 5.97 Å². The summed E-state index contributed by atoms with van der Waals surface area (Å²) in [6.07, 6.45) is 5.56. The van der Waals surface area contributed by atoms with E-state index in [2.05, 4.69) is 15.3 Å². The average Bonchev–Trinajstić information content (AvgIpc) is 2.46. The largest absolute Gasteiger partial charge is 0.478 e. The number of aromatic nitrogens is 2. The fraction of sp³-hybridized carbons (Fsp3) is 0.143. The van der Waals surface area contributed by atoms with Crippen LogP contribution in [-0.2, 0) is 11.2 Å². The number of carboxylic acids is 1. The molecule has 2 aromatic heterocycles. The van der Waals surface area contributed by atoms with E-state index in [1.54, 1.807) is 18.5 Å². The monoisotopic (exact) mass is 271 g/mol. The number of carbonyl (C=O) groups excluding carboxylic acids is 1. The first kappa shape index (κ1) is 13.7. The molecule has 0 atom stereocenters. The first-order valence-corrected chi connectivity index (χ1v) is 6.04. The number of aromatic carboxylic acids is 1. The van der Waals surface area contributed by atoms with Crippen LogP contribution < -0.4 is 5.32 Å². The van der Waals surface area contributed by atoms with Gasteiger partial charge in [0, 0.05) is 25.0 Å². The second-order valence-electron chi connectivity index (χ2n) is 4.11. The van der Waals surface area contributed by atoms with Crippen LogP contribution in [0.2, 0.25) is 0 Å². The number of aryl methyl sites for hydroxylation is 1. The molecular formula is C14H13N3O3. The summed E-state index contributed by atoms with van der Waals surface area (Å²) in [5, 5.41) is 11.5. The second-order valence-corrected chi connectivity index (χ2v) is 4.11. The minimum absolute atomic E-state index is 0.0257. The second kappa shape index (κ2) is 6.42. The van der Waals surface area contributed by atoms with E-state index in [1.807, 2.05) is 6.07 Å². The van der Waals surface area contributed by atoms with Gasteiger partial charge in [0.25, 0.3) is 0 Å². The van der Waals surface area contributed by atoms with Crippen LogP contribution in [0.25, 0.3) is 0 Å². The molecule has 0 fully saturated rings. The van der Waals surface area contributed by atoms with Crippen molar-refractivity contribution in [2.24, 2.45) is 0 Å². The molecular weight excluding hydrogens is 258 g/mol. The highest BCUT2D eigenvalue weighted by molar-refractivity contribution is 5.99. The van der Waals surface area contributed by atoms with Gasteiger partial charge in [-0.25, -0.2) is 9.78 Å². The molecule has 0 aliphatic rings. The first-order chi connectivity index (χ1) is 9.66. The normalized spacial score (nSPS) is 10.0. The number of carbonyl (C=O) groups is 2. The van der Waals surface area contributed by atoms with Crippen LogP contribution in [0, 0.1) is 0 Å². The maximum atomic E-state index is 11.8. The lowest BCUT2D eigenvalue weighted by Gasteiger charge is -2.06. The lowest BCUT2D eigenvalue weighted by molar-refractivity contribution is -0.116. The van der Waals surface area contributed by atoms with E-state index >= 15 is 0 Å². The van der Waals surface area contributed by atoms with Crippen LogP contribution >= 0.6 is 0 Å². The number of pyridine rings is 2. The van der Waals surface area contributed by atoms with Gasteiger partial charge in [-0.05, 0) is 30.2 Å². The summed E-state index contributed by atoms with van der Waals surface area (Å²) in [4.78, 5) is 30.6. The average molecular weight is 271 g/mol. The van der Waals surface area contributed by atoms with Crippen molar-refractivity contribution in [1.82, 2.24) is 9.97 Å². The maximum Gasteiger partial charge on any atom is 0.339 e. The zero-order valence-corrected chi connectivity index (χ0v) is 10.6. The lowest BCUT2D eigenvalue weighted by Crippen LogP contribution is -2.16. The van der Waals surface area contributed by atoms with Crippen molar-refractivity contribution in [2.45, 2.75) is 12.8 Å². The SMILES string of the molecule is O=C(CCc1cccnc1)Nc1ncccc1C(=O)O. The minimum Gasteiger partial charge on any atom is -0.478 e. The van der Waals surface area contributed by atoms with Crippen molar-refractivity contribution in [3.8, 4) is 0 Å². The van der Waals surface area contributed by atoms with Crippen molar-refractivity contribution in [2.75, 3.05) is 5.32 Å². The van der Waals surface area contributed by atoms with Crippen LogP contribution in [0.3, 0.4) is 0 Å². The molecule has 0 spiro atoms. The number of nitrogens with one attached hydrogen (secondary N) is 1. The van der Waals surface area contributed by atoms with Gasteiger partial charge in [0.2, 0.25) is 5.91 Å². The Hall–Kier alpha value is -2.76. The Balaban J connectivity index is 1.97. The third-order valence-electron chi connectivity index (χ3n) is 2.66. The number of nitrogens with zero attached hydrogens (tertiary/aromatic N) is 2. The van der Waals surface area contributed by atoms with Crippen LogP contribution in [0.4, 0.5) is 5.82 Å². The highest BCUT2D eigenvalue weighted by atomic mass is 16.4. The summed E-state index contributed by atoms with van der Waals surface area (Å²) >= 11 is 0. The molecule has 0 saturated carbocycles. The molecule has 2 rings (SSSR count). The standard InChI is InChI=1S/C14H13N3O3/c18-12(6-5-10-3-1-7-15-9-10)17-13-11(14(19)20)4-2-8-16-13/h1-4,7-9H,5-6H2,(H,19,20)(H,16,17,18). The van der Waals surface area contributed by atoms with Crippen molar-refractivity contribution < 1.29 is 14.7 Å². The molecule has 2 heterocycles. The van der Waals surface area contributed by atoms with Crippen LogP contribution in [0.5, 0.6) is 0 Å². The van der Waals surface area contributed by atoms with Crippen LogP contribution in [0.15, 0.2) is 42.9 Å². The smallest absolute Gasteiger partial charge is 0.339 e. The van der Waals surface area contributed by atoms with Gasteiger partial charge in [0.1, 0.15) is 11.4 Å². The molecule has 6 nitrogen and oxygen atoms in total. The number of rotatable bonds is 5. The summed E-state index contributed by atoms with van der Waals surface area (Å²) in [6, 6.07) is 6.58. The van der Waals surface area contributed by atoms with Gasteiger partial charge in [-0.3, -0.25) is 9.78 Å². The summed E-state index contributed by atoms with van der Waals surface area (Å²) in [7, 11) is 0. The molecule has 0 bridgehead atoms. The molecule has 1 amide bonds. The number of hydrogen-bond acceptors (Lipinski definition) is 4. The molecule has 6 heteroatoms. The Morgan fingerprint density at radius 3 is 2.70 bits per heavy atom. The fourth-order valence-corrected chi connectivity index (χ4v) is 1.68. The molecule has 0 aliphatic carbocycles. The van der Waals surface area contributed by atoms with E-state index in [4.69, 9.17) is 5.11 Å². The van der Waals surface area contributed by atoms with E-state index in [9.17, 15) is 9.59 Å². The van der Waals surface area contributed by atoms with Crippen molar-refractivity contribution >= 4 is 17.7 Å². The maximum absolute atomic E-state index is 11.8. The summed E-state index contributed by atoms with van der Waals surface area (Å²) < 4.78 is 0. The topological polar surface area (TPSA) is 92.2 Å². The van der Waals surface area contributed by atoms with Gasteiger partial charge in [-0.1, -0.05) is 6.07 Å². The fourth-order valence-electron chi connectivity index (χ4n) is 1.68. The molecule has 20 heavy (non-hydrogen) atoms. The lowest BCUT2D eigenvalue weighted by atomic mass is 10.1. The highest BCUT2D eigenvalue weighted by Crippen LogP contribution is 2.12. The van der Waals surface area contributed by atoms with Gasteiger partial charge in [-0.2, -0.15) is 0 Å². The first-order valence-electron chi connectivity index (χ1n) is 6.04. The zero-order chi connectivity index (χ0) is 14.4. The Morgan fingerprint density at radius 1 is 1.20 bits per heavy atom. The highest BCUT2D eigenvalue weighted by Gasteiger charge is 2.12. The van der Waals surface area contributed by atoms with Crippen molar-refractivity contribution in [3.05, 3.63) is 54.0 Å². The number of amides is 1. The van der Waals surface area contributed by atoms with Gasteiger partial charge in [0.05, 0.1) is 0 Å². The predicted molar refractivity (Wildman–Crippen MR) is 72.4 cm³/mol. The summed E-state index contributed by atoms with van der Waals surface area (Å²) in [5.41, 5.74) is 0.921.